The van der Waals surface area contributed by atoms with Gasteiger partial charge in [0, 0.05) is 5.92 Å². The van der Waals surface area contributed by atoms with Crippen molar-refractivity contribution in [1.29, 1.82) is 0 Å². The third kappa shape index (κ3) is 12.1. The van der Waals surface area contributed by atoms with Gasteiger partial charge >= 0.3 is 0 Å². The van der Waals surface area contributed by atoms with Gasteiger partial charge in [-0.25, -0.2) is 0 Å². The topological polar surface area (TPSA) is 53.0 Å². The maximum absolute atomic E-state index is 10.0. The molecule has 3 nitrogen and oxygen atoms in total. The van der Waals surface area contributed by atoms with Crippen LogP contribution in [0, 0.1) is 29.6 Å². The Kier molecular flexibility index (Phi) is 13.9. The molecule has 0 amide bonds. The number of aliphatic hydroxyl groups is 2. The van der Waals surface area contributed by atoms with Gasteiger partial charge in [-0.15, -0.1) is 0 Å². The van der Waals surface area contributed by atoms with Crippen molar-refractivity contribution in [3.8, 4) is 0 Å². The van der Waals surface area contributed by atoms with Crippen LogP contribution >= 0.6 is 0 Å². The Morgan fingerprint density at radius 3 is 1.77 bits per heavy atom. The Balaban J connectivity index is 2.09. The molecular weight excluding hydrogens is 384 g/mol. The van der Waals surface area contributed by atoms with Gasteiger partial charge in [0.15, 0.2) is 5.79 Å². The van der Waals surface area contributed by atoms with Gasteiger partial charge in [-0.3, -0.25) is 0 Å². The molecule has 1 aliphatic heterocycles. The van der Waals surface area contributed by atoms with Crippen molar-refractivity contribution in [1.82, 2.24) is 0 Å². The fraction of sp³-hybridized carbons (Fsp3) is 1.00. The molecule has 0 bridgehead atoms. The van der Waals surface area contributed by atoms with E-state index in [2.05, 4.69) is 34.6 Å². The quantitative estimate of drug-likeness (QED) is 0.123. The van der Waals surface area contributed by atoms with Gasteiger partial charge in [-0.2, -0.15) is 0 Å². The average molecular weight is 441 g/mol. The molecule has 7 atom stereocenters. The van der Waals surface area contributed by atoms with Gasteiger partial charge < -0.3 is 14.9 Å². The van der Waals surface area contributed by atoms with Crippen LogP contribution in [0.15, 0.2) is 0 Å². The van der Waals surface area contributed by atoms with Crippen LogP contribution in [0.25, 0.3) is 0 Å². The van der Waals surface area contributed by atoms with E-state index in [0.29, 0.717) is 12.3 Å². The third-order valence-electron chi connectivity index (χ3n) is 7.89. The second kappa shape index (κ2) is 14.9. The first-order valence-corrected chi connectivity index (χ1v) is 13.7. The van der Waals surface area contributed by atoms with Crippen molar-refractivity contribution < 1.29 is 14.9 Å². The van der Waals surface area contributed by atoms with Crippen LogP contribution in [0.5, 0.6) is 0 Å². The highest BCUT2D eigenvalue weighted by Gasteiger charge is 2.49. The van der Waals surface area contributed by atoms with E-state index in [1.54, 1.807) is 0 Å². The van der Waals surface area contributed by atoms with E-state index in [1.807, 2.05) is 13.8 Å². The molecule has 0 aliphatic carbocycles. The molecule has 0 aromatic rings. The van der Waals surface area contributed by atoms with E-state index in [0.717, 1.165) is 24.2 Å². The normalized spacial score (nSPS) is 23.9. The number of epoxide rings is 1. The minimum Gasteiger partial charge on any atom is -0.369 e. The molecule has 1 heterocycles. The zero-order valence-electron chi connectivity index (χ0n) is 22.0. The number of ether oxygens (including phenoxy) is 1. The molecule has 186 valence electrons. The Morgan fingerprint density at radius 2 is 1.23 bits per heavy atom. The smallest absolute Gasteiger partial charge is 0.167 e. The van der Waals surface area contributed by atoms with Gasteiger partial charge in [0.1, 0.15) is 0 Å². The lowest BCUT2D eigenvalue weighted by Gasteiger charge is -2.26. The van der Waals surface area contributed by atoms with E-state index in [1.165, 1.54) is 70.6 Å². The predicted octanol–water partition coefficient (Wildman–Crippen LogP) is 7.73. The van der Waals surface area contributed by atoms with Crippen molar-refractivity contribution in [2.75, 3.05) is 0 Å². The number of unbranched alkanes of at least 4 members (excludes halogenated alkanes) is 2. The van der Waals surface area contributed by atoms with E-state index in [9.17, 15) is 10.2 Å². The predicted molar refractivity (Wildman–Crippen MR) is 133 cm³/mol. The molecule has 7 unspecified atom stereocenters. The van der Waals surface area contributed by atoms with Crippen LogP contribution in [0.4, 0.5) is 0 Å². The standard InChI is InChI=1S/C28H56O3/c1-8-10-11-14-21(3)15-12-16-22(4)19-23(5)17-13-18-24(6)20-26-27(31-26)25(7)28(29,30)9-2/h21-27,29-30H,8-20H2,1-7H3. The summed E-state index contributed by atoms with van der Waals surface area (Å²) < 4.78 is 5.78. The lowest BCUT2D eigenvalue weighted by molar-refractivity contribution is -0.201. The molecule has 0 aromatic carbocycles. The molecule has 3 heteroatoms. The Morgan fingerprint density at radius 1 is 0.710 bits per heavy atom. The second-order valence-electron chi connectivity index (χ2n) is 11.4. The molecule has 1 fully saturated rings. The fourth-order valence-corrected chi connectivity index (χ4v) is 5.32. The van der Waals surface area contributed by atoms with Crippen LogP contribution in [-0.2, 0) is 4.74 Å². The second-order valence-corrected chi connectivity index (χ2v) is 11.4. The van der Waals surface area contributed by atoms with Gasteiger partial charge in [0.25, 0.3) is 0 Å². The van der Waals surface area contributed by atoms with Crippen LogP contribution in [0.2, 0.25) is 0 Å². The van der Waals surface area contributed by atoms with Gasteiger partial charge in [0.2, 0.25) is 0 Å². The molecule has 0 aromatic heterocycles. The number of hydrogen-bond acceptors (Lipinski definition) is 3. The third-order valence-corrected chi connectivity index (χ3v) is 7.89. The van der Waals surface area contributed by atoms with E-state index >= 15 is 0 Å². The molecule has 31 heavy (non-hydrogen) atoms. The largest absolute Gasteiger partial charge is 0.369 e. The monoisotopic (exact) mass is 440 g/mol. The molecule has 1 saturated heterocycles. The summed E-state index contributed by atoms with van der Waals surface area (Å²) >= 11 is 0. The highest BCUT2D eigenvalue weighted by atomic mass is 16.6. The molecule has 0 radical (unpaired) electrons. The summed E-state index contributed by atoms with van der Waals surface area (Å²) in [7, 11) is 0. The first-order valence-electron chi connectivity index (χ1n) is 13.7. The van der Waals surface area contributed by atoms with Crippen LogP contribution in [-0.4, -0.2) is 28.2 Å². The molecule has 0 saturated carbocycles. The van der Waals surface area contributed by atoms with E-state index < -0.39 is 5.79 Å². The van der Waals surface area contributed by atoms with Gasteiger partial charge in [-0.1, -0.05) is 113 Å². The maximum atomic E-state index is 10.0. The molecule has 2 N–H and O–H groups in total. The molecular formula is C28H56O3. The van der Waals surface area contributed by atoms with Crippen LogP contribution in [0.3, 0.4) is 0 Å². The lowest BCUT2D eigenvalue weighted by atomic mass is 9.86. The Labute approximate surface area is 194 Å². The Bertz CT molecular complexity index is 450. The van der Waals surface area contributed by atoms with Crippen molar-refractivity contribution in [3.63, 3.8) is 0 Å². The van der Waals surface area contributed by atoms with Gasteiger partial charge in [-0.05, 0) is 42.9 Å². The van der Waals surface area contributed by atoms with Crippen molar-refractivity contribution in [3.05, 3.63) is 0 Å². The van der Waals surface area contributed by atoms with Crippen molar-refractivity contribution >= 4 is 0 Å². The first kappa shape index (κ1) is 28.9. The maximum Gasteiger partial charge on any atom is 0.167 e. The summed E-state index contributed by atoms with van der Waals surface area (Å²) in [5.74, 6) is 1.42. The summed E-state index contributed by atoms with van der Waals surface area (Å²) in [5, 5.41) is 20.1. The zero-order valence-corrected chi connectivity index (χ0v) is 22.0. The minimum absolute atomic E-state index is 0.0199. The molecule has 1 rings (SSSR count). The summed E-state index contributed by atoms with van der Waals surface area (Å²) in [4.78, 5) is 0. The van der Waals surface area contributed by atoms with E-state index in [4.69, 9.17) is 4.74 Å². The van der Waals surface area contributed by atoms with Gasteiger partial charge in [0.05, 0.1) is 12.2 Å². The zero-order chi connectivity index (χ0) is 23.4. The van der Waals surface area contributed by atoms with E-state index in [-0.39, 0.29) is 18.1 Å². The van der Waals surface area contributed by atoms with Crippen LogP contribution in [0.1, 0.15) is 132 Å². The highest BCUT2D eigenvalue weighted by Crippen LogP contribution is 2.39. The summed E-state index contributed by atoms with van der Waals surface area (Å²) in [5.41, 5.74) is 0. The van der Waals surface area contributed by atoms with Crippen molar-refractivity contribution in [2.24, 2.45) is 29.6 Å². The summed E-state index contributed by atoms with van der Waals surface area (Å²) in [6.45, 7) is 15.6. The summed E-state index contributed by atoms with van der Waals surface area (Å²) in [6, 6.07) is 0. The van der Waals surface area contributed by atoms with Crippen LogP contribution < -0.4 is 0 Å². The number of rotatable bonds is 19. The SMILES string of the molecule is CCCCCC(C)CCCC(C)CC(C)CCCC(C)CC1OC1C(C)C(O)(O)CC. The summed E-state index contributed by atoms with van der Waals surface area (Å²) in [6.07, 6.45) is 16.7. The lowest BCUT2D eigenvalue weighted by Crippen LogP contribution is -2.39. The van der Waals surface area contributed by atoms with Crippen molar-refractivity contribution in [2.45, 2.75) is 150 Å². The first-order chi connectivity index (χ1) is 14.6. The number of hydrogen-bond donors (Lipinski definition) is 2. The average Bonchev–Trinajstić information content (AvgIpc) is 3.46. The fourth-order valence-electron chi connectivity index (χ4n) is 5.32. The minimum atomic E-state index is -1.60. The molecule has 0 spiro atoms. The highest BCUT2D eigenvalue weighted by molar-refractivity contribution is 4.94. The Hall–Kier alpha value is -0.120. The molecule has 1 aliphatic rings.